The number of rotatable bonds is 10. The fourth-order valence-corrected chi connectivity index (χ4v) is 3.03. The van der Waals surface area contributed by atoms with E-state index in [0.29, 0.717) is 31.1 Å². The average Bonchev–Trinajstić information content (AvgIpc) is 3.25. The van der Waals surface area contributed by atoms with Crippen molar-refractivity contribution in [3.8, 4) is 11.5 Å². The Morgan fingerprint density at radius 2 is 1.97 bits per heavy atom. The van der Waals surface area contributed by atoms with Crippen LogP contribution in [0.3, 0.4) is 0 Å². The first-order valence-corrected chi connectivity index (χ1v) is 10.0. The van der Waals surface area contributed by atoms with Crippen LogP contribution in [0.1, 0.15) is 29.3 Å². The van der Waals surface area contributed by atoms with Crippen molar-refractivity contribution in [1.82, 2.24) is 15.5 Å². The maximum atomic E-state index is 12.1. The normalized spacial score (nSPS) is 10.9. The van der Waals surface area contributed by atoms with Gasteiger partial charge in [-0.25, -0.2) is 0 Å². The molecule has 6 nitrogen and oxygen atoms in total. The van der Waals surface area contributed by atoms with Crippen LogP contribution in [-0.2, 0) is 24.2 Å². The molecule has 2 aromatic carbocycles. The summed E-state index contributed by atoms with van der Waals surface area (Å²) in [5, 5.41) is 9.87. The highest BCUT2D eigenvalue weighted by molar-refractivity contribution is 5.91. The molecule has 1 heterocycles. The second-order valence-electron chi connectivity index (χ2n) is 6.77. The van der Waals surface area contributed by atoms with Crippen molar-refractivity contribution >= 4 is 12.0 Å². The Hall–Kier alpha value is -3.54. The summed E-state index contributed by atoms with van der Waals surface area (Å²) in [6.07, 6.45) is 6.61. The average molecular weight is 405 g/mol. The van der Waals surface area contributed by atoms with Gasteiger partial charge in [0.15, 0.2) is 11.5 Å². The Labute approximate surface area is 176 Å². The monoisotopic (exact) mass is 405 g/mol. The van der Waals surface area contributed by atoms with Gasteiger partial charge in [-0.1, -0.05) is 43.3 Å². The van der Waals surface area contributed by atoms with Gasteiger partial charge in [-0.05, 0) is 42.2 Å². The van der Waals surface area contributed by atoms with Crippen molar-refractivity contribution in [3.63, 3.8) is 0 Å². The van der Waals surface area contributed by atoms with E-state index in [1.165, 1.54) is 6.08 Å². The van der Waals surface area contributed by atoms with Gasteiger partial charge in [0.1, 0.15) is 6.61 Å². The molecule has 6 heteroatoms. The van der Waals surface area contributed by atoms with Gasteiger partial charge in [-0.2, -0.15) is 5.10 Å². The molecule has 1 aromatic heterocycles. The van der Waals surface area contributed by atoms with Crippen molar-refractivity contribution in [2.75, 3.05) is 13.7 Å². The molecule has 0 bridgehead atoms. The quantitative estimate of drug-likeness (QED) is 0.501. The van der Waals surface area contributed by atoms with Gasteiger partial charge in [0.05, 0.1) is 12.8 Å². The SMILES string of the molecule is CCc1n[nH]cc1/C=C/C(=O)NCCc1ccc(OC)c(OCc2ccccc2)c1. The number of aryl methyl sites for hydroxylation is 1. The molecule has 0 saturated heterocycles. The first kappa shape index (κ1) is 21.2. The van der Waals surface area contributed by atoms with E-state index in [1.807, 2.05) is 55.5 Å². The van der Waals surface area contributed by atoms with Crippen molar-refractivity contribution in [2.24, 2.45) is 0 Å². The smallest absolute Gasteiger partial charge is 0.244 e. The molecule has 0 atom stereocenters. The third kappa shape index (κ3) is 5.98. The molecule has 0 aliphatic heterocycles. The number of ether oxygens (including phenoxy) is 2. The maximum Gasteiger partial charge on any atom is 0.244 e. The molecule has 156 valence electrons. The Kier molecular flexibility index (Phi) is 7.66. The number of carbonyl (C=O) groups excluding carboxylic acids is 1. The van der Waals surface area contributed by atoms with E-state index in [1.54, 1.807) is 19.4 Å². The summed E-state index contributed by atoms with van der Waals surface area (Å²) in [6.45, 7) is 3.02. The number of nitrogens with zero attached hydrogens (tertiary/aromatic N) is 1. The van der Waals surface area contributed by atoms with Gasteiger partial charge in [-0.3, -0.25) is 9.89 Å². The van der Waals surface area contributed by atoms with Gasteiger partial charge in [0.2, 0.25) is 5.91 Å². The molecular weight excluding hydrogens is 378 g/mol. The minimum absolute atomic E-state index is 0.132. The number of carbonyl (C=O) groups is 1. The number of nitrogens with one attached hydrogen (secondary N) is 2. The molecule has 0 aliphatic carbocycles. The van der Waals surface area contributed by atoms with Gasteiger partial charge in [0.25, 0.3) is 0 Å². The first-order chi connectivity index (χ1) is 14.7. The summed E-state index contributed by atoms with van der Waals surface area (Å²) < 4.78 is 11.4. The van der Waals surface area contributed by atoms with Gasteiger partial charge in [-0.15, -0.1) is 0 Å². The van der Waals surface area contributed by atoms with E-state index in [2.05, 4.69) is 15.5 Å². The number of methoxy groups -OCH3 is 1. The fraction of sp³-hybridized carbons (Fsp3) is 0.250. The third-order valence-electron chi connectivity index (χ3n) is 4.68. The summed E-state index contributed by atoms with van der Waals surface area (Å²) in [6, 6.07) is 15.8. The second kappa shape index (κ2) is 10.9. The molecule has 0 spiro atoms. The lowest BCUT2D eigenvalue weighted by molar-refractivity contribution is -0.116. The lowest BCUT2D eigenvalue weighted by atomic mass is 10.1. The molecular formula is C24H27N3O3. The lowest BCUT2D eigenvalue weighted by Crippen LogP contribution is -2.23. The minimum atomic E-state index is -0.132. The summed E-state index contributed by atoms with van der Waals surface area (Å²) in [4.78, 5) is 12.1. The van der Waals surface area contributed by atoms with E-state index in [-0.39, 0.29) is 5.91 Å². The lowest BCUT2D eigenvalue weighted by Gasteiger charge is -2.12. The number of hydrogen-bond acceptors (Lipinski definition) is 4. The number of H-pyrrole nitrogens is 1. The van der Waals surface area contributed by atoms with Crippen LogP contribution >= 0.6 is 0 Å². The molecule has 0 radical (unpaired) electrons. The van der Waals surface area contributed by atoms with Crippen LogP contribution in [0.2, 0.25) is 0 Å². The molecule has 3 rings (SSSR count). The molecule has 30 heavy (non-hydrogen) atoms. The molecule has 0 fully saturated rings. The number of aromatic nitrogens is 2. The Morgan fingerprint density at radius 3 is 2.73 bits per heavy atom. The Balaban J connectivity index is 1.53. The molecule has 0 aliphatic rings. The van der Waals surface area contributed by atoms with Crippen LogP contribution in [-0.4, -0.2) is 29.8 Å². The van der Waals surface area contributed by atoms with E-state index in [9.17, 15) is 4.79 Å². The summed E-state index contributed by atoms with van der Waals surface area (Å²) in [5.74, 6) is 1.25. The zero-order chi connectivity index (χ0) is 21.2. The van der Waals surface area contributed by atoms with Crippen molar-refractivity contribution < 1.29 is 14.3 Å². The highest BCUT2D eigenvalue weighted by Crippen LogP contribution is 2.29. The van der Waals surface area contributed by atoms with Crippen molar-refractivity contribution in [3.05, 3.63) is 83.2 Å². The van der Waals surface area contributed by atoms with E-state index >= 15 is 0 Å². The van der Waals surface area contributed by atoms with Gasteiger partial charge < -0.3 is 14.8 Å². The summed E-state index contributed by atoms with van der Waals surface area (Å²) >= 11 is 0. The third-order valence-corrected chi connectivity index (χ3v) is 4.68. The van der Waals surface area contributed by atoms with Crippen LogP contribution < -0.4 is 14.8 Å². The zero-order valence-corrected chi connectivity index (χ0v) is 17.4. The fourth-order valence-electron chi connectivity index (χ4n) is 3.03. The minimum Gasteiger partial charge on any atom is -0.493 e. The molecule has 0 unspecified atom stereocenters. The standard InChI is InChI=1S/C24H27N3O3/c1-3-21-20(16-26-27-21)10-12-24(28)25-14-13-18-9-11-22(29-2)23(15-18)30-17-19-7-5-4-6-8-19/h4-12,15-16H,3,13-14,17H2,1-2H3,(H,25,28)(H,26,27)/b12-10+. The predicted octanol–water partition coefficient (Wildman–Crippen LogP) is 3.93. The summed E-state index contributed by atoms with van der Waals surface area (Å²) in [7, 11) is 1.63. The van der Waals surface area contributed by atoms with Crippen molar-refractivity contribution in [2.45, 2.75) is 26.4 Å². The van der Waals surface area contributed by atoms with Crippen LogP contribution in [0.25, 0.3) is 6.08 Å². The highest BCUT2D eigenvalue weighted by atomic mass is 16.5. The number of aromatic amines is 1. The van der Waals surface area contributed by atoms with Crippen molar-refractivity contribution in [1.29, 1.82) is 0 Å². The van der Waals surface area contributed by atoms with Crippen LogP contribution in [0.15, 0.2) is 60.8 Å². The van der Waals surface area contributed by atoms with Crippen LogP contribution in [0, 0.1) is 0 Å². The van der Waals surface area contributed by atoms with Crippen LogP contribution in [0.4, 0.5) is 0 Å². The van der Waals surface area contributed by atoms with Gasteiger partial charge in [0, 0.05) is 24.4 Å². The Morgan fingerprint density at radius 1 is 1.13 bits per heavy atom. The van der Waals surface area contributed by atoms with Gasteiger partial charge >= 0.3 is 0 Å². The van der Waals surface area contributed by atoms with E-state index in [0.717, 1.165) is 28.8 Å². The topological polar surface area (TPSA) is 76.2 Å². The number of amides is 1. The number of benzene rings is 2. The highest BCUT2D eigenvalue weighted by Gasteiger charge is 2.07. The Bertz CT molecular complexity index is 980. The van der Waals surface area contributed by atoms with E-state index in [4.69, 9.17) is 9.47 Å². The molecule has 3 aromatic rings. The maximum absolute atomic E-state index is 12.1. The van der Waals surface area contributed by atoms with Crippen LogP contribution in [0.5, 0.6) is 11.5 Å². The largest absolute Gasteiger partial charge is 0.493 e. The molecule has 2 N–H and O–H groups in total. The first-order valence-electron chi connectivity index (χ1n) is 10.0. The second-order valence-corrected chi connectivity index (χ2v) is 6.77. The summed E-state index contributed by atoms with van der Waals surface area (Å²) in [5.41, 5.74) is 4.03. The van der Waals surface area contributed by atoms with E-state index < -0.39 is 0 Å². The molecule has 1 amide bonds. The zero-order valence-electron chi connectivity index (χ0n) is 17.4. The number of hydrogen-bond donors (Lipinski definition) is 2. The molecule has 0 saturated carbocycles. The predicted molar refractivity (Wildman–Crippen MR) is 117 cm³/mol.